The third kappa shape index (κ3) is 2.01. The summed E-state index contributed by atoms with van der Waals surface area (Å²) in [5, 5.41) is 0. The van der Waals surface area contributed by atoms with Gasteiger partial charge < -0.3 is 9.47 Å². The first-order chi connectivity index (χ1) is 7.18. The van der Waals surface area contributed by atoms with Crippen molar-refractivity contribution in [1.82, 2.24) is 4.90 Å². The monoisotopic (exact) mass is 213 g/mol. The molecule has 2 fully saturated rings. The Bertz CT molecular complexity index is 250. The molecule has 0 spiro atoms. The number of esters is 1. The van der Waals surface area contributed by atoms with Gasteiger partial charge in [0, 0.05) is 18.6 Å². The standard InChI is InChI=1S/C11H19NO3/c1-3-15-10(13)9-8-11(9,2)12-4-6-14-7-5-12/h9H,3-8H2,1-2H3. The van der Waals surface area contributed by atoms with Gasteiger partial charge in [0.25, 0.3) is 0 Å². The summed E-state index contributed by atoms with van der Waals surface area (Å²) in [6.45, 7) is 7.93. The van der Waals surface area contributed by atoms with E-state index < -0.39 is 0 Å². The van der Waals surface area contributed by atoms with Gasteiger partial charge in [-0.1, -0.05) is 0 Å². The zero-order valence-corrected chi connectivity index (χ0v) is 9.49. The normalized spacial score (nSPS) is 36.3. The summed E-state index contributed by atoms with van der Waals surface area (Å²) in [5.74, 6) is 0.0436. The van der Waals surface area contributed by atoms with Gasteiger partial charge in [-0.05, 0) is 20.3 Å². The molecule has 1 heterocycles. The number of rotatable bonds is 3. The highest BCUT2D eigenvalue weighted by atomic mass is 16.5. The van der Waals surface area contributed by atoms with Crippen molar-refractivity contribution in [2.24, 2.45) is 5.92 Å². The Morgan fingerprint density at radius 2 is 2.20 bits per heavy atom. The van der Waals surface area contributed by atoms with Crippen LogP contribution < -0.4 is 0 Å². The van der Waals surface area contributed by atoms with Gasteiger partial charge in [0.1, 0.15) is 0 Å². The van der Waals surface area contributed by atoms with Crippen LogP contribution >= 0.6 is 0 Å². The predicted octanol–water partition coefficient (Wildman–Crippen LogP) is 0.660. The lowest BCUT2D eigenvalue weighted by Gasteiger charge is -2.33. The fourth-order valence-corrected chi connectivity index (χ4v) is 2.36. The summed E-state index contributed by atoms with van der Waals surface area (Å²) in [4.78, 5) is 13.9. The Labute approximate surface area is 90.5 Å². The number of ether oxygens (including phenoxy) is 2. The summed E-state index contributed by atoms with van der Waals surface area (Å²) in [7, 11) is 0. The molecule has 4 heteroatoms. The van der Waals surface area contributed by atoms with Crippen molar-refractivity contribution in [2.45, 2.75) is 25.8 Å². The molecule has 2 atom stereocenters. The van der Waals surface area contributed by atoms with Crippen LogP contribution in [0.15, 0.2) is 0 Å². The van der Waals surface area contributed by atoms with E-state index in [2.05, 4.69) is 11.8 Å². The first-order valence-corrected chi connectivity index (χ1v) is 5.68. The van der Waals surface area contributed by atoms with Gasteiger partial charge in [-0.25, -0.2) is 0 Å². The van der Waals surface area contributed by atoms with Gasteiger partial charge in [-0.15, -0.1) is 0 Å². The van der Waals surface area contributed by atoms with Crippen molar-refractivity contribution in [3.05, 3.63) is 0 Å². The first-order valence-electron chi connectivity index (χ1n) is 5.68. The number of hydrogen-bond donors (Lipinski definition) is 0. The van der Waals surface area contributed by atoms with Crippen LogP contribution in [0.5, 0.6) is 0 Å². The molecule has 1 aliphatic heterocycles. The van der Waals surface area contributed by atoms with E-state index >= 15 is 0 Å². The molecular weight excluding hydrogens is 194 g/mol. The highest BCUT2D eigenvalue weighted by Gasteiger charge is 2.59. The second kappa shape index (κ2) is 4.10. The maximum absolute atomic E-state index is 11.6. The number of nitrogens with zero attached hydrogens (tertiary/aromatic N) is 1. The van der Waals surface area contributed by atoms with Crippen LogP contribution in [0.3, 0.4) is 0 Å². The van der Waals surface area contributed by atoms with E-state index in [0.717, 1.165) is 32.7 Å². The quantitative estimate of drug-likeness (QED) is 0.646. The minimum atomic E-state index is -0.0357. The predicted molar refractivity (Wildman–Crippen MR) is 55.5 cm³/mol. The molecule has 0 radical (unpaired) electrons. The summed E-state index contributed by atoms with van der Waals surface area (Å²) in [6.07, 6.45) is 0.936. The first kappa shape index (κ1) is 10.9. The molecule has 4 nitrogen and oxygen atoms in total. The van der Waals surface area contributed by atoms with Gasteiger partial charge in [-0.3, -0.25) is 9.69 Å². The molecule has 0 aromatic carbocycles. The van der Waals surface area contributed by atoms with Crippen molar-refractivity contribution >= 4 is 5.97 Å². The highest BCUT2D eigenvalue weighted by Crippen LogP contribution is 2.49. The molecule has 0 N–H and O–H groups in total. The molecule has 86 valence electrons. The summed E-state index contributed by atoms with van der Waals surface area (Å²) < 4.78 is 10.4. The summed E-state index contributed by atoms with van der Waals surface area (Å²) in [6, 6.07) is 0. The van der Waals surface area contributed by atoms with Crippen molar-refractivity contribution in [1.29, 1.82) is 0 Å². The number of carbonyl (C=O) groups is 1. The van der Waals surface area contributed by atoms with Gasteiger partial charge in [0.05, 0.1) is 25.7 Å². The molecule has 0 bridgehead atoms. The van der Waals surface area contributed by atoms with Crippen molar-refractivity contribution in [2.75, 3.05) is 32.9 Å². The van der Waals surface area contributed by atoms with E-state index in [1.165, 1.54) is 0 Å². The molecule has 2 unspecified atom stereocenters. The van der Waals surface area contributed by atoms with E-state index in [4.69, 9.17) is 9.47 Å². The molecule has 0 aromatic rings. The van der Waals surface area contributed by atoms with Crippen LogP contribution in [0.1, 0.15) is 20.3 Å². The molecule has 15 heavy (non-hydrogen) atoms. The lowest BCUT2D eigenvalue weighted by molar-refractivity contribution is -0.146. The van der Waals surface area contributed by atoms with Crippen LogP contribution in [0.2, 0.25) is 0 Å². The van der Waals surface area contributed by atoms with Crippen LogP contribution in [-0.4, -0.2) is 49.3 Å². The van der Waals surface area contributed by atoms with Gasteiger partial charge in [0.15, 0.2) is 0 Å². The maximum Gasteiger partial charge on any atom is 0.310 e. The Morgan fingerprint density at radius 3 is 2.80 bits per heavy atom. The lowest BCUT2D eigenvalue weighted by atomic mass is 10.2. The van der Waals surface area contributed by atoms with E-state index in [0.29, 0.717) is 6.61 Å². The van der Waals surface area contributed by atoms with E-state index in [-0.39, 0.29) is 17.4 Å². The molecule has 1 aliphatic carbocycles. The van der Waals surface area contributed by atoms with Gasteiger partial charge in [-0.2, -0.15) is 0 Å². The Balaban J connectivity index is 1.90. The maximum atomic E-state index is 11.6. The van der Waals surface area contributed by atoms with Crippen molar-refractivity contribution < 1.29 is 14.3 Å². The van der Waals surface area contributed by atoms with Gasteiger partial charge >= 0.3 is 5.97 Å². The molecule has 2 aliphatic rings. The van der Waals surface area contributed by atoms with Gasteiger partial charge in [0.2, 0.25) is 0 Å². The average Bonchev–Trinajstić information content (AvgIpc) is 2.94. The van der Waals surface area contributed by atoms with Crippen LogP contribution in [0.4, 0.5) is 0 Å². The fraction of sp³-hybridized carbons (Fsp3) is 0.909. The smallest absolute Gasteiger partial charge is 0.310 e. The van der Waals surface area contributed by atoms with E-state index in [9.17, 15) is 4.79 Å². The average molecular weight is 213 g/mol. The largest absolute Gasteiger partial charge is 0.466 e. The number of hydrogen-bond acceptors (Lipinski definition) is 4. The van der Waals surface area contributed by atoms with Crippen molar-refractivity contribution in [3.8, 4) is 0 Å². The molecule has 1 saturated carbocycles. The molecular formula is C11H19NO3. The Hall–Kier alpha value is -0.610. The fourth-order valence-electron chi connectivity index (χ4n) is 2.36. The van der Waals surface area contributed by atoms with Crippen LogP contribution in [-0.2, 0) is 14.3 Å². The second-order valence-corrected chi connectivity index (χ2v) is 4.47. The highest BCUT2D eigenvalue weighted by molar-refractivity contribution is 5.78. The zero-order chi connectivity index (χ0) is 10.9. The number of carbonyl (C=O) groups excluding carboxylic acids is 1. The van der Waals surface area contributed by atoms with Crippen LogP contribution in [0.25, 0.3) is 0 Å². The van der Waals surface area contributed by atoms with Crippen LogP contribution in [0, 0.1) is 5.92 Å². The summed E-state index contributed by atoms with van der Waals surface area (Å²) in [5.41, 5.74) is 0.0377. The Kier molecular flexibility index (Phi) is 2.98. The zero-order valence-electron chi connectivity index (χ0n) is 9.49. The summed E-state index contributed by atoms with van der Waals surface area (Å²) >= 11 is 0. The number of morpholine rings is 1. The molecule has 0 aromatic heterocycles. The van der Waals surface area contributed by atoms with E-state index in [1.54, 1.807) is 0 Å². The third-order valence-electron chi connectivity index (χ3n) is 3.51. The lowest BCUT2D eigenvalue weighted by Crippen LogP contribution is -2.45. The van der Waals surface area contributed by atoms with Crippen molar-refractivity contribution in [3.63, 3.8) is 0 Å². The molecule has 1 saturated heterocycles. The molecule has 0 amide bonds. The second-order valence-electron chi connectivity index (χ2n) is 4.47. The SMILES string of the molecule is CCOC(=O)C1CC1(C)N1CCOCC1. The minimum Gasteiger partial charge on any atom is -0.466 e. The topological polar surface area (TPSA) is 38.8 Å². The molecule has 2 rings (SSSR count). The minimum absolute atomic E-state index is 0.0357. The third-order valence-corrected chi connectivity index (χ3v) is 3.51. The Morgan fingerprint density at radius 1 is 1.53 bits per heavy atom. The van der Waals surface area contributed by atoms with E-state index in [1.807, 2.05) is 6.92 Å².